The van der Waals surface area contributed by atoms with Gasteiger partial charge in [0.25, 0.3) is 0 Å². The molecule has 6 nitrogen and oxygen atoms in total. The molecular formula is C20H29N3O3. The minimum absolute atomic E-state index is 0.0620. The number of likely N-dealkylation sites (N-methyl/N-ethyl adjacent to an activating group) is 1. The van der Waals surface area contributed by atoms with Crippen LogP contribution in [0.3, 0.4) is 0 Å². The van der Waals surface area contributed by atoms with Crippen LogP contribution in [0.25, 0.3) is 0 Å². The summed E-state index contributed by atoms with van der Waals surface area (Å²) < 4.78 is 5.60. The average molecular weight is 359 g/mol. The van der Waals surface area contributed by atoms with Crippen LogP contribution in [0.5, 0.6) is 5.75 Å². The first kappa shape index (κ1) is 18.7. The number of amides is 2. The van der Waals surface area contributed by atoms with Crippen molar-refractivity contribution in [3.63, 3.8) is 0 Å². The molecular weight excluding hydrogens is 330 g/mol. The first-order chi connectivity index (χ1) is 12.5. The molecule has 3 rings (SSSR count). The Morgan fingerprint density at radius 3 is 2.35 bits per heavy atom. The monoisotopic (exact) mass is 359 g/mol. The van der Waals surface area contributed by atoms with Crippen LogP contribution in [0.4, 0.5) is 5.69 Å². The number of nitrogens with zero attached hydrogens (tertiary/aromatic N) is 2. The molecule has 1 N–H and O–H groups in total. The van der Waals surface area contributed by atoms with Gasteiger partial charge in [0.15, 0.2) is 0 Å². The van der Waals surface area contributed by atoms with E-state index in [0.29, 0.717) is 6.42 Å². The van der Waals surface area contributed by atoms with Gasteiger partial charge in [-0.3, -0.25) is 9.59 Å². The largest absolute Gasteiger partial charge is 0.491 e. The van der Waals surface area contributed by atoms with Crippen LogP contribution in [0.1, 0.15) is 27.2 Å². The Morgan fingerprint density at radius 2 is 1.77 bits per heavy atom. The van der Waals surface area contributed by atoms with Gasteiger partial charge in [0, 0.05) is 31.9 Å². The van der Waals surface area contributed by atoms with Gasteiger partial charge in [0.05, 0.1) is 17.9 Å². The number of piperazine rings is 1. The number of hydrogen-bond acceptors (Lipinski definition) is 4. The number of carbonyl (C=O) groups excluding carboxylic acids is 2. The fourth-order valence-corrected chi connectivity index (χ4v) is 3.40. The van der Waals surface area contributed by atoms with E-state index in [-0.39, 0.29) is 29.8 Å². The van der Waals surface area contributed by atoms with E-state index < -0.39 is 0 Å². The van der Waals surface area contributed by atoms with E-state index in [1.165, 1.54) is 0 Å². The zero-order chi connectivity index (χ0) is 18.7. The van der Waals surface area contributed by atoms with Gasteiger partial charge >= 0.3 is 0 Å². The van der Waals surface area contributed by atoms with Crippen molar-refractivity contribution in [2.24, 2.45) is 11.8 Å². The van der Waals surface area contributed by atoms with E-state index in [1.54, 1.807) is 0 Å². The van der Waals surface area contributed by atoms with Crippen LogP contribution in [-0.2, 0) is 9.59 Å². The number of benzene rings is 1. The summed E-state index contributed by atoms with van der Waals surface area (Å²) in [4.78, 5) is 29.3. The van der Waals surface area contributed by atoms with E-state index in [0.717, 1.165) is 44.2 Å². The lowest BCUT2D eigenvalue weighted by Crippen LogP contribution is -2.49. The Labute approximate surface area is 155 Å². The topological polar surface area (TPSA) is 61.9 Å². The molecule has 2 aliphatic rings. The van der Waals surface area contributed by atoms with Crippen molar-refractivity contribution in [2.45, 2.75) is 33.3 Å². The minimum Gasteiger partial charge on any atom is -0.491 e. The molecule has 1 saturated heterocycles. The lowest BCUT2D eigenvalue weighted by atomic mass is 10.2. The highest BCUT2D eigenvalue weighted by molar-refractivity contribution is 5.99. The second-order valence-electron chi connectivity index (χ2n) is 7.39. The fourth-order valence-electron chi connectivity index (χ4n) is 3.40. The molecule has 1 aromatic carbocycles. The van der Waals surface area contributed by atoms with Gasteiger partial charge in [-0.25, -0.2) is 0 Å². The molecule has 1 saturated carbocycles. The number of ether oxygens (including phenoxy) is 1. The third-order valence-electron chi connectivity index (χ3n) is 5.07. The molecule has 2 unspecified atom stereocenters. The maximum absolute atomic E-state index is 12.6. The van der Waals surface area contributed by atoms with Gasteiger partial charge in [0.1, 0.15) is 5.75 Å². The van der Waals surface area contributed by atoms with E-state index >= 15 is 0 Å². The van der Waals surface area contributed by atoms with Crippen LogP contribution in [0.15, 0.2) is 24.3 Å². The molecule has 0 bridgehead atoms. The van der Waals surface area contributed by atoms with Crippen molar-refractivity contribution in [3.8, 4) is 5.75 Å². The highest BCUT2D eigenvalue weighted by atomic mass is 16.5. The lowest BCUT2D eigenvalue weighted by molar-refractivity contribution is -0.135. The Morgan fingerprint density at radius 1 is 1.12 bits per heavy atom. The van der Waals surface area contributed by atoms with Crippen molar-refractivity contribution < 1.29 is 14.3 Å². The Balaban J connectivity index is 1.47. The molecule has 2 amide bonds. The normalized spacial score (nSPS) is 23.0. The summed E-state index contributed by atoms with van der Waals surface area (Å²) in [5.74, 6) is 0.517. The van der Waals surface area contributed by atoms with Crippen LogP contribution < -0.4 is 10.1 Å². The number of hydrogen-bond donors (Lipinski definition) is 1. The van der Waals surface area contributed by atoms with Gasteiger partial charge in [-0.15, -0.1) is 0 Å². The summed E-state index contributed by atoms with van der Waals surface area (Å²) in [7, 11) is 0. The van der Waals surface area contributed by atoms with Gasteiger partial charge < -0.3 is 19.9 Å². The van der Waals surface area contributed by atoms with Gasteiger partial charge in [-0.1, -0.05) is 6.92 Å². The van der Waals surface area contributed by atoms with Gasteiger partial charge in [-0.05, 0) is 51.1 Å². The smallest absolute Gasteiger partial charge is 0.228 e. The highest BCUT2D eigenvalue weighted by Crippen LogP contribution is 2.41. The van der Waals surface area contributed by atoms with E-state index in [2.05, 4.69) is 17.1 Å². The highest BCUT2D eigenvalue weighted by Gasteiger charge is 2.49. The third-order valence-corrected chi connectivity index (χ3v) is 5.07. The summed E-state index contributed by atoms with van der Waals surface area (Å²) in [6.07, 6.45) is 0.778. The van der Waals surface area contributed by atoms with E-state index in [1.807, 2.05) is 43.0 Å². The van der Waals surface area contributed by atoms with Crippen molar-refractivity contribution in [1.29, 1.82) is 0 Å². The molecule has 26 heavy (non-hydrogen) atoms. The zero-order valence-corrected chi connectivity index (χ0v) is 15.9. The Bertz CT molecular complexity index is 636. The van der Waals surface area contributed by atoms with Crippen LogP contribution >= 0.6 is 0 Å². The minimum atomic E-state index is -0.196. The second kappa shape index (κ2) is 8.08. The summed E-state index contributed by atoms with van der Waals surface area (Å²) in [5, 5.41) is 2.91. The summed E-state index contributed by atoms with van der Waals surface area (Å²) in [6.45, 7) is 10.5. The number of rotatable bonds is 6. The maximum Gasteiger partial charge on any atom is 0.228 e. The third kappa shape index (κ3) is 4.55. The molecule has 1 aliphatic carbocycles. The van der Waals surface area contributed by atoms with Crippen LogP contribution in [-0.4, -0.2) is 60.4 Å². The molecule has 2 atom stereocenters. The van der Waals surface area contributed by atoms with E-state index in [4.69, 9.17) is 4.74 Å². The van der Waals surface area contributed by atoms with Crippen LogP contribution in [0, 0.1) is 11.8 Å². The predicted octanol–water partition coefficient (Wildman–Crippen LogP) is 2.21. The molecule has 6 heteroatoms. The number of carbonyl (C=O) groups is 2. The molecule has 142 valence electrons. The zero-order valence-electron chi connectivity index (χ0n) is 15.9. The second-order valence-corrected chi connectivity index (χ2v) is 7.39. The molecule has 0 radical (unpaired) electrons. The predicted molar refractivity (Wildman–Crippen MR) is 101 cm³/mol. The van der Waals surface area contributed by atoms with Crippen molar-refractivity contribution in [2.75, 3.05) is 38.0 Å². The average Bonchev–Trinajstić information content (AvgIpc) is 3.43. The quantitative estimate of drug-likeness (QED) is 0.846. The van der Waals surface area contributed by atoms with Crippen LogP contribution in [0.2, 0.25) is 0 Å². The lowest BCUT2D eigenvalue weighted by Gasteiger charge is -2.34. The number of anilines is 1. The Hall–Kier alpha value is -2.08. The van der Waals surface area contributed by atoms with E-state index in [9.17, 15) is 9.59 Å². The van der Waals surface area contributed by atoms with Gasteiger partial charge in [-0.2, -0.15) is 0 Å². The Kier molecular flexibility index (Phi) is 5.81. The number of nitrogens with one attached hydrogen (secondary N) is 1. The summed E-state index contributed by atoms with van der Waals surface area (Å²) in [5.41, 5.74) is 0.737. The van der Waals surface area contributed by atoms with Crippen molar-refractivity contribution in [3.05, 3.63) is 24.3 Å². The first-order valence-corrected chi connectivity index (χ1v) is 9.56. The molecule has 0 spiro atoms. The molecule has 2 fully saturated rings. The van der Waals surface area contributed by atoms with Crippen molar-refractivity contribution in [1.82, 2.24) is 9.80 Å². The molecule has 0 aromatic heterocycles. The van der Waals surface area contributed by atoms with Gasteiger partial charge in [0.2, 0.25) is 11.8 Å². The molecule has 1 heterocycles. The van der Waals surface area contributed by atoms with Crippen molar-refractivity contribution >= 4 is 17.5 Å². The molecule has 1 aliphatic heterocycles. The fraction of sp³-hybridized carbons (Fsp3) is 0.600. The summed E-state index contributed by atoms with van der Waals surface area (Å²) in [6, 6.07) is 7.36. The summed E-state index contributed by atoms with van der Waals surface area (Å²) >= 11 is 0. The maximum atomic E-state index is 12.6. The molecule has 1 aromatic rings. The first-order valence-electron chi connectivity index (χ1n) is 9.56. The standard InChI is InChI=1S/C20H29N3O3/c1-4-22-9-11-23(12-10-22)20(25)18-13-17(18)19(24)21-15-5-7-16(8-6-15)26-14(2)3/h5-8,14,17-18H,4,9-13H2,1-3H3,(H,21,24). The SMILES string of the molecule is CCN1CCN(C(=O)C2CC2C(=O)Nc2ccc(OC(C)C)cc2)CC1.